The second-order valence-corrected chi connectivity index (χ2v) is 7.89. The van der Waals surface area contributed by atoms with Crippen LogP contribution < -0.4 is 4.90 Å². The van der Waals surface area contributed by atoms with Gasteiger partial charge in [-0.05, 0) is 25.1 Å². The molecule has 1 heterocycles. The third-order valence-corrected chi connectivity index (χ3v) is 5.59. The Bertz CT molecular complexity index is 779. The monoisotopic (exact) mass is 367 g/mol. The van der Waals surface area contributed by atoms with Crippen molar-refractivity contribution in [2.24, 2.45) is 0 Å². The van der Waals surface area contributed by atoms with Crippen LogP contribution in [0.1, 0.15) is 17.3 Å². The molecule has 0 aliphatic carbocycles. The Hall–Kier alpha value is -2.15. The maximum absolute atomic E-state index is 12.5. The van der Waals surface area contributed by atoms with E-state index in [4.69, 9.17) is 14.7 Å². The van der Waals surface area contributed by atoms with Crippen LogP contribution in [0.3, 0.4) is 0 Å². The summed E-state index contributed by atoms with van der Waals surface area (Å²) in [5.74, 6) is -0.730. The quantitative estimate of drug-likeness (QED) is 0.711. The molecular weight excluding hydrogens is 346 g/mol. The van der Waals surface area contributed by atoms with E-state index in [9.17, 15) is 13.2 Å². The summed E-state index contributed by atoms with van der Waals surface area (Å²) < 4.78 is 36.2. The van der Waals surface area contributed by atoms with Gasteiger partial charge in [0.15, 0.2) is 6.10 Å². The lowest BCUT2D eigenvalue weighted by Crippen LogP contribution is -2.37. The van der Waals surface area contributed by atoms with Crippen LogP contribution in [-0.4, -0.2) is 65.2 Å². The van der Waals surface area contributed by atoms with E-state index in [0.717, 1.165) is 4.31 Å². The number of carbonyl (C=O) groups excluding carboxylic acids is 1. The number of nitriles is 1. The lowest BCUT2D eigenvalue weighted by Gasteiger charge is -2.30. The van der Waals surface area contributed by atoms with Crippen LogP contribution >= 0.6 is 0 Å². The fourth-order valence-electron chi connectivity index (χ4n) is 2.38. The number of nitrogens with zero attached hydrogens (tertiary/aromatic N) is 3. The van der Waals surface area contributed by atoms with Gasteiger partial charge in [-0.15, -0.1) is 0 Å². The number of carbonyl (C=O) groups is 1. The first-order valence-electron chi connectivity index (χ1n) is 7.77. The van der Waals surface area contributed by atoms with E-state index in [0.29, 0.717) is 32.0 Å². The van der Waals surface area contributed by atoms with Gasteiger partial charge < -0.3 is 14.4 Å². The molecule has 0 bridgehead atoms. The van der Waals surface area contributed by atoms with E-state index < -0.39 is 22.1 Å². The summed E-state index contributed by atoms with van der Waals surface area (Å²) in [5.41, 5.74) is 0.683. The summed E-state index contributed by atoms with van der Waals surface area (Å²) in [4.78, 5) is 14.4. The molecule has 0 spiro atoms. The van der Waals surface area contributed by atoms with Crippen molar-refractivity contribution in [1.82, 2.24) is 4.31 Å². The molecule has 0 saturated carbocycles. The SMILES string of the molecule is C[C@H](C#N)OC(=O)c1cc(S(=O)(=O)N(C)C)ccc1N1CCOCC1. The summed E-state index contributed by atoms with van der Waals surface area (Å²) in [6.07, 6.45) is -0.931. The number of esters is 1. The average molecular weight is 367 g/mol. The molecule has 0 radical (unpaired) electrons. The molecule has 1 aliphatic heterocycles. The van der Waals surface area contributed by atoms with Crippen molar-refractivity contribution in [3.63, 3.8) is 0 Å². The van der Waals surface area contributed by atoms with Crippen molar-refractivity contribution in [2.75, 3.05) is 45.3 Å². The van der Waals surface area contributed by atoms with Gasteiger partial charge in [0.25, 0.3) is 0 Å². The minimum atomic E-state index is -3.70. The van der Waals surface area contributed by atoms with Crippen molar-refractivity contribution in [3.8, 4) is 6.07 Å². The van der Waals surface area contributed by atoms with Crippen LogP contribution in [0, 0.1) is 11.3 Å². The highest BCUT2D eigenvalue weighted by Crippen LogP contribution is 2.27. The maximum atomic E-state index is 12.5. The topological polar surface area (TPSA) is 99.9 Å². The summed E-state index contributed by atoms with van der Waals surface area (Å²) in [7, 11) is -0.862. The van der Waals surface area contributed by atoms with Crippen molar-refractivity contribution in [2.45, 2.75) is 17.9 Å². The van der Waals surface area contributed by atoms with Crippen LogP contribution in [0.5, 0.6) is 0 Å². The Balaban J connectivity index is 2.49. The molecule has 1 atom stereocenters. The predicted octanol–water partition coefficient (Wildman–Crippen LogP) is 0.842. The highest BCUT2D eigenvalue weighted by atomic mass is 32.2. The molecule has 25 heavy (non-hydrogen) atoms. The van der Waals surface area contributed by atoms with Crippen molar-refractivity contribution < 1.29 is 22.7 Å². The lowest BCUT2D eigenvalue weighted by molar-refractivity contribution is 0.0435. The first-order chi connectivity index (χ1) is 11.8. The Morgan fingerprint density at radius 2 is 2.00 bits per heavy atom. The molecule has 0 amide bonds. The molecule has 1 saturated heterocycles. The normalized spacial score (nSPS) is 16.4. The maximum Gasteiger partial charge on any atom is 0.341 e. The zero-order valence-electron chi connectivity index (χ0n) is 14.4. The third-order valence-electron chi connectivity index (χ3n) is 3.78. The fraction of sp³-hybridized carbons (Fsp3) is 0.500. The minimum Gasteiger partial charge on any atom is -0.444 e. The average Bonchev–Trinajstić information content (AvgIpc) is 2.61. The van der Waals surface area contributed by atoms with Gasteiger partial charge >= 0.3 is 5.97 Å². The summed E-state index contributed by atoms with van der Waals surface area (Å²) in [5, 5.41) is 8.85. The molecule has 9 heteroatoms. The fourth-order valence-corrected chi connectivity index (χ4v) is 3.31. The Kier molecular flexibility index (Phi) is 6.00. The number of ether oxygens (including phenoxy) is 2. The highest BCUT2D eigenvalue weighted by Gasteiger charge is 2.25. The van der Waals surface area contributed by atoms with Crippen LogP contribution in [0.4, 0.5) is 5.69 Å². The summed E-state index contributed by atoms with van der Waals surface area (Å²) >= 11 is 0. The second kappa shape index (κ2) is 7.82. The van der Waals surface area contributed by atoms with Crippen LogP contribution in [0.15, 0.2) is 23.1 Å². The summed E-state index contributed by atoms with van der Waals surface area (Å²) in [6.45, 7) is 3.64. The number of sulfonamides is 1. The van der Waals surface area contributed by atoms with E-state index in [2.05, 4.69) is 0 Å². The van der Waals surface area contributed by atoms with Crippen molar-refractivity contribution in [3.05, 3.63) is 23.8 Å². The number of hydrogen-bond acceptors (Lipinski definition) is 7. The van der Waals surface area contributed by atoms with E-state index in [1.807, 2.05) is 11.0 Å². The Morgan fingerprint density at radius 3 is 2.56 bits per heavy atom. The van der Waals surface area contributed by atoms with Gasteiger partial charge in [-0.3, -0.25) is 0 Å². The first-order valence-corrected chi connectivity index (χ1v) is 9.21. The van der Waals surface area contributed by atoms with E-state index >= 15 is 0 Å². The predicted molar refractivity (Wildman–Crippen MR) is 90.8 cm³/mol. The number of benzene rings is 1. The molecule has 1 aromatic carbocycles. The smallest absolute Gasteiger partial charge is 0.341 e. The van der Waals surface area contributed by atoms with Gasteiger partial charge in [-0.25, -0.2) is 17.5 Å². The van der Waals surface area contributed by atoms with Gasteiger partial charge in [0.05, 0.1) is 29.4 Å². The third kappa shape index (κ3) is 4.28. The summed E-state index contributed by atoms with van der Waals surface area (Å²) in [6, 6.07) is 6.18. The number of hydrogen-bond donors (Lipinski definition) is 0. The largest absolute Gasteiger partial charge is 0.444 e. The first kappa shape index (κ1) is 19.2. The van der Waals surface area contributed by atoms with Gasteiger partial charge in [0, 0.05) is 27.2 Å². The van der Waals surface area contributed by atoms with Gasteiger partial charge in [-0.1, -0.05) is 0 Å². The molecular formula is C16H21N3O5S. The van der Waals surface area contributed by atoms with Crippen molar-refractivity contribution >= 4 is 21.7 Å². The zero-order valence-corrected chi connectivity index (χ0v) is 15.2. The number of anilines is 1. The number of morpholine rings is 1. The van der Waals surface area contributed by atoms with Gasteiger partial charge in [0.1, 0.15) is 6.07 Å². The van der Waals surface area contributed by atoms with Crippen LogP contribution in [0.2, 0.25) is 0 Å². The molecule has 136 valence electrons. The van der Waals surface area contributed by atoms with E-state index in [1.54, 1.807) is 6.07 Å². The molecule has 0 N–H and O–H groups in total. The molecule has 0 aromatic heterocycles. The van der Waals surface area contributed by atoms with Crippen molar-refractivity contribution in [1.29, 1.82) is 5.26 Å². The van der Waals surface area contributed by atoms with E-state index in [-0.39, 0.29) is 10.5 Å². The molecule has 1 aliphatic rings. The second-order valence-electron chi connectivity index (χ2n) is 5.74. The number of rotatable bonds is 5. The van der Waals surface area contributed by atoms with Gasteiger partial charge in [0.2, 0.25) is 10.0 Å². The minimum absolute atomic E-state index is 0.00827. The molecule has 1 aromatic rings. The Labute approximate surface area is 147 Å². The van der Waals surface area contributed by atoms with E-state index in [1.165, 1.54) is 33.2 Å². The lowest BCUT2D eigenvalue weighted by atomic mass is 10.1. The Morgan fingerprint density at radius 1 is 1.36 bits per heavy atom. The standard InChI is InChI=1S/C16H21N3O5S/c1-12(11-17)24-16(20)14-10-13(25(21,22)18(2)3)4-5-15(14)19-6-8-23-9-7-19/h4-5,10,12H,6-9H2,1-3H3/t12-/m1/s1. The van der Waals surface area contributed by atoms with Crippen LogP contribution in [-0.2, 0) is 19.5 Å². The molecule has 0 unspecified atom stereocenters. The highest BCUT2D eigenvalue weighted by molar-refractivity contribution is 7.89. The van der Waals surface area contributed by atoms with Crippen LogP contribution in [0.25, 0.3) is 0 Å². The molecule has 8 nitrogen and oxygen atoms in total. The van der Waals surface area contributed by atoms with Gasteiger partial charge in [-0.2, -0.15) is 5.26 Å². The molecule has 1 fully saturated rings. The molecule has 2 rings (SSSR count). The zero-order chi connectivity index (χ0) is 18.6.